The summed E-state index contributed by atoms with van der Waals surface area (Å²) in [6, 6.07) is 87.5. The van der Waals surface area contributed by atoms with Gasteiger partial charge in [0, 0.05) is 66.9 Å². The molecule has 0 N–H and O–H groups in total. The van der Waals surface area contributed by atoms with Gasteiger partial charge >= 0.3 is 0 Å². The molecule has 0 aliphatic heterocycles. The maximum atomic E-state index is 5.16. The number of para-hydroxylation sites is 4. The topological polar surface area (TPSA) is 29.2 Å². The number of hydrogen-bond acceptors (Lipinski definition) is 3. The van der Waals surface area contributed by atoms with Gasteiger partial charge in [-0.15, -0.1) is 0 Å². The Morgan fingerprint density at radius 3 is 1.16 bits per heavy atom. The SMILES string of the molecule is c1ccc(N(c2ccc(-c3ccc(N(c4ccccc4)c4cc5ccc6cccc7c6c5c(c4)n7-c4ccccc4)cn3)cc2)c2cc3ccc4cccc5c4c3c(c2)n5-c2ccccc2)cc1. The zero-order valence-electron chi connectivity index (χ0n) is 36.9. The van der Waals surface area contributed by atoms with Crippen molar-refractivity contribution in [3.63, 3.8) is 0 Å². The van der Waals surface area contributed by atoms with Gasteiger partial charge in [-0.05, 0) is 131 Å². The van der Waals surface area contributed by atoms with Gasteiger partial charge in [0.25, 0.3) is 0 Å². The molecule has 0 aliphatic rings. The van der Waals surface area contributed by atoms with E-state index < -0.39 is 0 Å². The van der Waals surface area contributed by atoms with Crippen LogP contribution in [0.5, 0.6) is 0 Å². The van der Waals surface area contributed by atoms with Crippen LogP contribution in [0.1, 0.15) is 0 Å². The number of nitrogens with zero attached hydrogens (tertiary/aromatic N) is 5. The zero-order chi connectivity index (χ0) is 44.7. The number of hydrogen-bond donors (Lipinski definition) is 0. The Kier molecular flexibility index (Phi) is 8.52. The summed E-state index contributed by atoms with van der Waals surface area (Å²) in [5.74, 6) is 0. The first kappa shape index (κ1) is 38.1. The summed E-state index contributed by atoms with van der Waals surface area (Å²) in [4.78, 5) is 9.85. The highest BCUT2D eigenvalue weighted by molar-refractivity contribution is 6.26. The summed E-state index contributed by atoms with van der Waals surface area (Å²) in [6.45, 7) is 0. The summed E-state index contributed by atoms with van der Waals surface area (Å²) in [5.41, 5.74) is 15.4. The van der Waals surface area contributed by atoms with Crippen molar-refractivity contribution >= 4 is 99.3 Å². The van der Waals surface area contributed by atoms with Crippen LogP contribution in [0.25, 0.3) is 87.8 Å². The van der Waals surface area contributed by atoms with Crippen molar-refractivity contribution in [1.82, 2.24) is 14.1 Å². The summed E-state index contributed by atoms with van der Waals surface area (Å²) < 4.78 is 4.82. The third-order valence-electron chi connectivity index (χ3n) is 13.8. The van der Waals surface area contributed by atoms with Gasteiger partial charge in [0.05, 0.1) is 39.6 Å². The van der Waals surface area contributed by atoms with Gasteiger partial charge in [-0.3, -0.25) is 4.98 Å². The Hall–Kier alpha value is -9.19. The van der Waals surface area contributed by atoms with Crippen molar-refractivity contribution < 1.29 is 0 Å². The average molecular weight is 868 g/mol. The van der Waals surface area contributed by atoms with Crippen LogP contribution in [-0.4, -0.2) is 14.1 Å². The second-order valence-corrected chi connectivity index (χ2v) is 17.6. The normalized spacial score (nSPS) is 11.8. The molecule has 3 heterocycles. The van der Waals surface area contributed by atoms with Gasteiger partial charge in [0.1, 0.15) is 0 Å². The highest BCUT2D eigenvalue weighted by Crippen LogP contribution is 2.46. The molecule has 0 saturated heterocycles. The summed E-state index contributed by atoms with van der Waals surface area (Å²) in [5, 5.41) is 10.1. The molecular weight excluding hydrogens is 827 g/mol. The molecule has 3 aromatic heterocycles. The molecule has 68 heavy (non-hydrogen) atoms. The fourth-order valence-corrected chi connectivity index (χ4v) is 10.8. The first-order valence-corrected chi connectivity index (χ1v) is 23.2. The predicted octanol–water partition coefficient (Wildman–Crippen LogP) is 17.1. The Bertz CT molecular complexity index is 3830. The van der Waals surface area contributed by atoms with E-state index >= 15 is 0 Å². The lowest BCUT2D eigenvalue weighted by molar-refractivity contribution is 1.18. The summed E-state index contributed by atoms with van der Waals surface area (Å²) in [6.07, 6.45) is 2.01. The van der Waals surface area contributed by atoms with Gasteiger partial charge in [0.2, 0.25) is 0 Å². The molecular formula is C63H41N5. The van der Waals surface area contributed by atoms with Crippen LogP contribution in [0.2, 0.25) is 0 Å². The van der Waals surface area contributed by atoms with Gasteiger partial charge in [-0.2, -0.15) is 0 Å². The Labute approximate surface area is 392 Å². The molecule has 0 atom stereocenters. The third-order valence-corrected chi connectivity index (χ3v) is 13.8. The highest BCUT2D eigenvalue weighted by Gasteiger charge is 2.23. The fraction of sp³-hybridized carbons (Fsp3) is 0. The molecule has 0 radical (unpaired) electrons. The molecule has 0 spiro atoms. The molecule has 11 aromatic carbocycles. The van der Waals surface area contributed by atoms with Crippen molar-refractivity contribution in [2.24, 2.45) is 0 Å². The molecule has 0 amide bonds. The fourth-order valence-electron chi connectivity index (χ4n) is 10.8. The smallest absolute Gasteiger partial charge is 0.0703 e. The van der Waals surface area contributed by atoms with E-state index in [0.29, 0.717) is 0 Å². The van der Waals surface area contributed by atoms with Crippen molar-refractivity contribution in [2.45, 2.75) is 0 Å². The molecule has 0 bridgehead atoms. The van der Waals surface area contributed by atoms with Crippen LogP contribution in [0.15, 0.2) is 249 Å². The quantitative estimate of drug-likeness (QED) is 0.135. The second kappa shape index (κ2) is 15.2. The van der Waals surface area contributed by atoms with Crippen molar-refractivity contribution in [1.29, 1.82) is 0 Å². The maximum Gasteiger partial charge on any atom is 0.0703 e. The van der Waals surface area contributed by atoms with E-state index in [9.17, 15) is 0 Å². The van der Waals surface area contributed by atoms with E-state index in [-0.39, 0.29) is 0 Å². The number of rotatable bonds is 9. The van der Waals surface area contributed by atoms with E-state index in [1.54, 1.807) is 0 Å². The molecule has 14 rings (SSSR count). The number of aromatic nitrogens is 3. The van der Waals surface area contributed by atoms with Gasteiger partial charge < -0.3 is 18.9 Å². The van der Waals surface area contributed by atoms with Crippen LogP contribution in [-0.2, 0) is 0 Å². The lowest BCUT2D eigenvalue weighted by Crippen LogP contribution is -2.11. The minimum absolute atomic E-state index is 0.906. The number of benzene rings is 11. The molecule has 0 aliphatic carbocycles. The van der Waals surface area contributed by atoms with Crippen molar-refractivity contribution in [2.75, 3.05) is 9.80 Å². The van der Waals surface area contributed by atoms with Crippen LogP contribution >= 0.6 is 0 Å². The van der Waals surface area contributed by atoms with Crippen LogP contribution in [0.4, 0.5) is 34.1 Å². The standard InChI is InChI=1S/C63H41N5/c1-5-17-47(18-6-1)65(53-37-45-29-27-43-15-13-25-56-60(43)62(45)58(39-53)67(56)49-21-9-3-10-22-49)51-33-31-42(32-34-51)55-36-35-52(41-64-55)66(48-19-7-2-8-20-48)54-38-46-30-28-44-16-14-26-57-61(44)63(46)59(40-54)68(57)50-23-11-4-12-24-50/h1-41H. The Balaban J connectivity index is 0.861. The molecule has 0 unspecified atom stereocenters. The molecule has 5 nitrogen and oxygen atoms in total. The van der Waals surface area contributed by atoms with E-state index in [4.69, 9.17) is 4.98 Å². The molecule has 14 aromatic rings. The second-order valence-electron chi connectivity index (χ2n) is 17.6. The van der Waals surface area contributed by atoms with E-state index in [1.807, 2.05) is 6.20 Å². The first-order valence-electron chi connectivity index (χ1n) is 23.2. The molecule has 5 heteroatoms. The first-order chi connectivity index (χ1) is 33.7. The van der Waals surface area contributed by atoms with Gasteiger partial charge in [0.15, 0.2) is 0 Å². The average Bonchev–Trinajstić information content (AvgIpc) is 3.93. The van der Waals surface area contributed by atoms with Crippen molar-refractivity contribution in [3.05, 3.63) is 249 Å². The predicted molar refractivity (Wildman–Crippen MR) is 285 cm³/mol. The van der Waals surface area contributed by atoms with Crippen molar-refractivity contribution in [3.8, 4) is 22.6 Å². The number of anilines is 6. The zero-order valence-corrected chi connectivity index (χ0v) is 36.9. The van der Waals surface area contributed by atoms with Crippen LogP contribution < -0.4 is 9.80 Å². The maximum absolute atomic E-state index is 5.16. The van der Waals surface area contributed by atoms with E-state index in [0.717, 1.165) is 56.8 Å². The summed E-state index contributed by atoms with van der Waals surface area (Å²) >= 11 is 0. The molecule has 318 valence electrons. The Morgan fingerprint density at radius 1 is 0.279 bits per heavy atom. The van der Waals surface area contributed by atoms with E-state index in [1.165, 1.54) is 65.2 Å². The molecule has 0 saturated carbocycles. The van der Waals surface area contributed by atoms with Crippen LogP contribution in [0, 0.1) is 0 Å². The lowest BCUT2D eigenvalue weighted by atomic mass is 10.0. The lowest BCUT2D eigenvalue weighted by Gasteiger charge is -2.26. The number of pyridine rings is 1. The minimum atomic E-state index is 0.906. The van der Waals surface area contributed by atoms with E-state index in [2.05, 4.69) is 262 Å². The summed E-state index contributed by atoms with van der Waals surface area (Å²) in [7, 11) is 0. The third kappa shape index (κ3) is 5.93. The van der Waals surface area contributed by atoms with Crippen LogP contribution in [0.3, 0.4) is 0 Å². The monoisotopic (exact) mass is 867 g/mol. The Morgan fingerprint density at radius 2 is 0.691 bits per heavy atom. The van der Waals surface area contributed by atoms with Gasteiger partial charge in [-0.1, -0.05) is 133 Å². The highest BCUT2D eigenvalue weighted by atomic mass is 15.2. The largest absolute Gasteiger partial charge is 0.310 e. The van der Waals surface area contributed by atoms with Gasteiger partial charge in [-0.25, -0.2) is 0 Å². The molecule has 0 fully saturated rings. The minimum Gasteiger partial charge on any atom is -0.310 e.